The van der Waals surface area contributed by atoms with Crippen molar-refractivity contribution in [3.05, 3.63) is 33.9 Å². The molecule has 0 amide bonds. The van der Waals surface area contributed by atoms with Gasteiger partial charge in [-0.05, 0) is 38.8 Å². The molecule has 7 nitrogen and oxygen atoms in total. The first-order valence-electron chi connectivity index (χ1n) is 9.55. The van der Waals surface area contributed by atoms with Gasteiger partial charge >= 0.3 is 22.4 Å². The van der Waals surface area contributed by atoms with Crippen LogP contribution in [-0.2, 0) is 22.4 Å². The predicted molar refractivity (Wildman–Crippen MR) is 102 cm³/mol. The second kappa shape index (κ2) is 8.47. The number of methoxy groups -OCH3 is 1. The third-order valence-corrected chi connectivity index (χ3v) is 5.71. The SMILES string of the molecule is CNC1CCCN(c2c(F)cc3c(=O)c(C(=O)[O-])cn(C4CC4)c3c2OC)C1.[Ag+]. The standard InChI is InChI=1S/C20H24FN3O4.Ag/c1-22-11-4-3-7-23(9-11)17-15(21)8-13-16(19(17)28-2)24(12-5-6-12)10-14(18(13)25)20(26)27;/h8,10-12,22H,3-7,9H2,1-2H3,(H,26,27);/q;+1/p-1. The minimum Gasteiger partial charge on any atom is -0.545 e. The topological polar surface area (TPSA) is 86.6 Å². The van der Waals surface area contributed by atoms with E-state index < -0.39 is 22.8 Å². The molecule has 1 unspecified atom stereocenters. The third kappa shape index (κ3) is 3.82. The number of carboxylic acids is 1. The van der Waals surface area contributed by atoms with Crippen LogP contribution in [0.15, 0.2) is 17.1 Å². The van der Waals surface area contributed by atoms with Gasteiger partial charge in [-0.25, -0.2) is 4.39 Å². The second-order valence-corrected chi connectivity index (χ2v) is 7.51. The first-order valence-corrected chi connectivity index (χ1v) is 9.55. The van der Waals surface area contributed by atoms with Crippen LogP contribution in [0.25, 0.3) is 10.9 Å². The summed E-state index contributed by atoms with van der Waals surface area (Å²) in [6, 6.07) is 1.45. The fourth-order valence-electron chi connectivity index (χ4n) is 4.13. The van der Waals surface area contributed by atoms with Crippen LogP contribution in [0.2, 0.25) is 0 Å². The van der Waals surface area contributed by atoms with Crippen LogP contribution in [0.5, 0.6) is 5.75 Å². The summed E-state index contributed by atoms with van der Waals surface area (Å²) in [6.07, 6.45) is 4.96. The van der Waals surface area contributed by atoms with Crippen LogP contribution in [0, 0.1) is 5.82 Å². The molecule has 0 radical (unpaired) electrons. The third-order valence-electron chi connectivity index (χ3n) is 5.71. The molecule has 1 saturated heterocycles. The number of carboxylic acid groups (broad SMARTS) is 1. The molecule has 1 atom stereocenters. The van der Waals surface area contributed by atoms with Gasteiger partial charge in [-0.15, -0.1) is 0 Å². The van der Waals surface area contributed by atoms with Crippen molar-refractivity contribution in [2.45, 2.75) is 37.8 Å². The van der Waals surface area contributed by atoms with Gasteiger partial charge < -0.3 is 29.4 Å². The number of hydrogen-bond donors (Lipinski definition) is 1. The van der Waals surface area contributed by atoms with Gasteiger partial charge in [-0.2, -0.15) is 0 Å². The number of benzene rings is 1. The Morgan fingerprint density at radius 2 is 2.07 bits per heavy atom. The number of hydrogen-bond acceptors (Lipinski definition) is 6. The Bertz CT molecular complexity index is 1010. The van der Waals surface area contributed by atoms with Gasteiger partial charge in [0.25, 0.3) is 0 Å². The average Bonchev–Trinajstić information content (AvgIpc) is 3.52. The summed E-state index contributed by atoms with van der Waals surface area (Å²) in [5.74, 6) is -1.87. The maximum Gasteiger partial charge on any atom is 1.00 e. The van der Waals surface area contributed by atoms with Crippen molar-refractivity contribution in [1.29, 1.82) is 0 Å². The summed E-state index contributed by atoms with van der Waals surface area (Å²) in [7, 11) is 3.33. The van der Waals surface area contributed by atoms with Crippen molar-refractivity contribution in [3.8, 4) is 5.75 Å². The molecule has 2 fully saturated rings. The van der Waals surface area contributed by atoms with Gasteiger partial charge in [0.2, 0.25) is 0 Å². The Morgan fingerprint density at radius 3 is 2.66 bits per heavy atom. The summed E-state index contributed by atoms with van der Waals surface area (Å²) >= 11 is 0. The molecule has 1 aromatic heterocycles. The molecular formula is C20H23AgFN3O4. The van der Waals surface area contributed by atoms with Gasteiger partial charge in [0.05, 0.1) is 29.5 Å². The van der Waals surface area contributed by atoms with E-state index in [4.69, 9.17) is 4.74 Å². The van der Waals surface area contributed by atoms with E-state index in [1.54, 1.807) is 4.57 Å². The zero-order chi connectivity index (χ0) is 20.0. The van der Waals surface area contributed by atoms with E-state index in [1.165, 1.54) is 13.3 Å². The summed E-state index contributed by atoms with van der Waals surface area (Å²) < 4.78 is 22.5. The van der Waals surface area contributed by atoms with Crippen LogP contribution >= 0.6 is 0 Å². The maximum atomic E-state index is 15.2. The molecule has 4 rings (SSSR count). The molecule has 1 N–H and O–H groups in total. The Kier molecular flexibility index (Phi) is 6.38. The van der Waals surface area contributed by atoms with E-state index in [9.17, 15) is 14.7 Å². The smallest absolute Gasteiger partial charge is 0.545 e. The van der Waals surface area contributed by atoms with Crippen molar-refractivity contribution in [3.63, 3.8) is 0 Å². The zero-order valence-electron chi connectivity index (χ0n) is 16.3. The van der Waals surface area contributed by atoms with Crippen LogP contribution in [0.4, 0.5) is 10.1 Å². The van der Waals surface area contributed by atoms with E-state index in [2.05, 4.69) is 5.32 Å². The van der Waals surface area contributed by atoms with Crippen molar-refractivity contribution in [2.24, 2.45) is 0 Å². The van der Waals surface area contributed by atoms with Crippen LogP contribution in [-0.4, -0.2) is 43.8 Å². The summed E-state index contributed by atoms with van der Waals surface area (Å²) in [4.78, 5) is 26.0. The normalized spacial score (nSPS) is 19.1. The number of carbonyl (C=O) groups excluding carboxylic acids is 1. The number of aromatic carboxylic acids is 1. The van der Waals surface area contributed by atoms with Gasteiger partial charge in [-0.1, -0.05) is 0 Å². The van der Waals surface area contributed by atoms with Crippen molar-refractivity contribution < 1.29 is 41.4 Å². The minimum absolute atomic E-state index is 0. The molecule has 1 aromatic carbocycles. The van der Waals surface area contributed by atoms with Gasteiger partial charge in [0.15, 0.2) is 17.0 Å². The Balaban J connectivity index is 0.00000240. The molecule has 1 aliphatic heterocycles. The number of aromatic nitrogens is 1. The number of pyridine rings is 1. The Hall–Kier alpha value is -1.87. The molecule has 1 saturated carbocycles. The fourth-order valence-corrected chi connectivity index (χ4v) is 4.13. The molecule has 2 aliphatic rings. The van der Waals surface area contributed by atoms with Crippen LogP contribution < -0.4 is 25.5 Å². The molecule has 2 heterocycles. The van der Waals surface area contributed by atoms with E-state index in [0.717, 1.165) is 31.7 Å². The fraction of sp³-hybridized carbons (Fsp3) is 0.500. The van der Waals surface area contributed by atoms with Gasteiger partial charge in [0, 0.05) is 31.4 Å². The summed E-state index contributed by atoms with van der Waals surface area (Å²) in [5, 5.41) is 14.7. The number of halogens is 1. The quantitative estimate of drug-likeness (QED) is 0.623. The van der Waals surface area contributed by atoms with Crippen LogP contribution in [0.3, 0.4) is 0 Å². The van der Waals surface area contributed by atoms with E-state index >= 15 is 4.39 Å². The average molecular weight is 496 g/mol. The molecule has 160 valence electrons. The van der Waals surface area contributed by atoms with Gasteiger partial charge in [-0.3, -0.25) is 4.79 Å². The number of nitrogens with one attached hydrogen (secondary N) is 1. The van der Waals surface area contributed by atoms with Crippen molar-refractivity contribution in [1.82, 2.24) is 9.88 Å². The minimum atomic E-state index is -1.56. The molecule has 0 bridgehead atoms. The number of fused-ring (bicyclic) bond motifs is 1. The number of nitrogens with zero attached hydrogens (tertiary/aromatic N) is 2. The predicted octanol–water partition coefficient (Wildman–Crippen LogP) is 1.03. The number of piperidine rings is 1. The number of rotatable bonds is 5. The van der Waals surface area contributed by atoms with Crippen molar-refractivity contribution >= 4 is 22.6 Å². The first kappa shape index (κ1) is 21.8. The molecule has 1 aliphatic carbocycles. The van der Waals surface area contributed by atoms with E-state index in [-0.39, 0.29) is 45.6 Å². The molecule has 2 aromatic rings. The van der Waals surface area contributed by atoms with Gasteiger partial charge in [0.1, 0.15) is 5.69 Å². The molecular weight excluding hydrogens is 473 g/mol. The number of carbonyl (C=O) groups is 1. The second-order valence-electron chi connectivity index (χ2n) is 7.51. The zero-order valence-corrected chi connectivity index (χ0v) is 17.7. The monoisotopic (exact) mass is 495 g/mol. The van der Waals surface area contributed by atoms with E-state index in [0.29, 0.717) is 24.3 Å². The van der Waals surface area contributed by atoms with Crippen LogP contribution in [0.1, 0.15) is 42.1 Å². The molecule has 29 heavy (non-hydrogen) atoms. The molecule has 0 spiro atoms. The van der Waals surface area contributed by atoms with E-state index in [1.807, 2.05) is 11.9 Å². The Labute approximate surface area is 183 Å². The summed E-state index contributed by atoms with van der Waals surface area (Å²) in [5.41, 5.74) is -0.433. The summed E-state index contributed by atoms with van der Waals surface area (Å²) in [6.45, 7) is 1.31. The largest absolute Gasteiger partial charge is 1.00 e. The maximum absolute atomic E-state index is 15.2. The number of anilines is 1. The first-order chi connectivity index (χ1) is 13.5. The number of likely N-dealkylation sites (N-methyl/N-ethyl adjacent to an activating group) is 1. The Morgan fingerprint density at radius 1 is 1.34 bits per heavy atom. The van der Waals surface area contributed by atoms with Crippen molar-refractivity contribution in [2.75, 3.05) is 32.1 Å². The molecule has 9 heteroatoms. The number of ether oxygens (including phenoxy) is 1.